The van der Waals surface area contributed by atoms with Crippen molar-refractivity contribution in [1.29, 1.82) is 0 Å². The highest BCUT2D eigenvalue weighted by molar-refractivity contribution is 6.00. The van der Waals surface area contributed by atoms with E-state index in [0.717, 1.165) is 0 Å². The van der Waals surface area contributed by atoms with Crippen LogP contribution in [0, 0.1) is 10.1 Å². The van der Waals surface area contributed by atoms with Crippen LogP contribution in [-0.4, -0.2) is 48.0 Å². The van der Waals surface area contributed by atoms with E-state index in [2.05, 4.69) is 15.6 Å². The first kappa shape index (κ1) is 25.1. The fourth-order valence-electron chi connectivity index (χ4n) is 3.78. The number of aromatic nitrogens is 1. The lowest BCUT2D eigenvalue weighted by Gasteiger charge is -2.30. The van der Waals surface area contributed by atoms with E-state index in [1.165, 1.54) is 31.5 Å². The Kier molecular flexibility index (Phi) is 7.92. The van der Waals surface area contributed by atoms with Gasteiger partial charge in [0.2, 0.25) is 0 Å². The number of ether oxygens (including phenoxy) is 2. The number of rotatable bonds is 8. The lowest BCUT2D eigenvalue weighted by molar-refractivity contribution is -0.384. The molecule has 11 heteroatoms. The number of non-ortho nitro benzene ring substituents is 1. The minimum Gasteiger partial charge on any atom is -0.466 e. The van der Waals surface area contributed by atoms with Crippen LogP contribution in [0.25, 0.3) is 0 Å². The summed E-state index contributed by atoms with van der Waals surface area (Å²) < 4.78 is 10.3. The van der Waals surface area contributed by atoms with Crippen molar-refractivity contribution in [3.8, 4) is 0 Å². The molecular formula is C24H24N4O7. The summed E-state index contributed by atoms with van der Waals surface area (Å²) in [6.07, 6.45) is 2.96. The molecule has 1 aliphatic rings. The zero-order valence-electron chi connectivity index (χ0n) is 19.4. The van der Waals surface area contributed by atoms with Crippen molar-refractivity contribution in [3.63, 3.8) is 0 Å². The van der Waals surface area contributed by atoms with Crippen LogP contribution in [0.3, 0.4) is 0 Å². The second-order valence-electron chi connectivity index (χ2n) is 7.61. The summed E-state index contributed by atoms with van der Waals surface area (Å²) in [5.74, 6) is -2.75. The normalized spacial score (nSPS) is 15.2. The van der Waals surface area contributed by atoms with E-state index in [1.54, 1.807) is 38.2 Å². The third-order valence-electron chi connectivity index (χ3n) is 5.34. The Bertz CT molecular complexity index is 1220. The van der Waals surface area contributed by atoms with Crippen molar-refractivity contribution in [2.24, 2.45) is 0 Å². The number of benzene rings is 1. The van der Waals surface area contributed by atoms with Gasteiger partial charge in [0.1, 0.15) is 6.61 Å². The average Bonchev–Trinajstić information content (AvgIpc) is 2.86. The maximum Gasteiger partial charge on any atom is 0.336 e. The third-order valence-corrected chi connectivity index (χ3v) is 5.34. The number of carbonyl (C=O) groups excluding carboxylic acids is 3. The van der Waals surface area contributed by atoms with Gasteiger partial charge in [-0.1, -0.05) is 12.1 Å². The van der Waals surface area contributed by atoms with E-state index in [0.29, 0.717) is 22.5 Å². The first-order valence-corrected chi connectivity index (χ1v) is 10.6. The molecule has 1 aliphatic heterocycles. The molecule has 0 radical (unpaired) electrons. The summed E-state index contributed by atoms with van der Waals surface area (Å²) in [6.45, 7) is 3.19. The molecule has 0 saturated carbocycles. The Morgan fingerprint density at radius 3 is 2.46 bits per heavy atom. The summed E-state index contributed by atoms with van der Waals surface area (Å²) in [5, 5.41) is 16.9. The maximum absolute atomic E-state index is 13.1. The number of carbonyl (C=O) groups is 3. The van der Waals surface area contributed by atoms with Crippen molar-refractivity contribution in [2.75, 3.05) is 20.3 Å². The summed E-state index contributed by atoms with van der Waals surface area (Å²) in [5.41, 5.74) is 1.65. The van der Waals surface area contributed by atoms with Crippen LogP contribution >= 0.6 is 0 Å². The van der Waals surface area contributed by atoms with Crippen LogP contribution in [0.2, 0.25) is 0 Å². The highest BCUT2D eigenvalue weighted by Gasteiger charge is 2.38. The van der Waals surface area contributed by atoms with E-state index in [1.807, 2.05) is 0 Å². The van der Waals surface area contributed by atoms with Crippen LogP contribution in [-0.2, 0) is 19.1 Å². The number of allylic oxidation sites excluding steroid dienone is 2. The maximum atomic E-state index is 13.1. The number of esters is 2. The number of amides is 1. The predicted molar refractivity (Wildman–Crippen MR) is 124 cm³/mol. The standard InChI is InChI=1S/C24H24N4O7/c1-14-19(23(30)34-3)21(16-6-4-8-18(12-16)28(32)33)20(15(2)27-14)24(31)35-11-10-26-22(29)17-7-5-9-25-13-17/h4-9,12-13,21,27H,10-11H2,1-3H3,(H,26,29). The van der Waals surface area contributed by atoms with Gasteiger partial charge in [-0.2, -0.15) is 0 Å². The molecule has 2 heterocycles. The van der Waals surface area contributed by atoms with Crippen molar-refractivity contribution in [3.05, 3.63) is 92.6 Å². The molecule has 182 valence electrons. The highest BCUT2D eigenvalue weighted by Crippen LogP contribution is 2.40. The first-order valence-electron chi connectivity index (χ1n) is 10.6. The largest absolute Gasteiger partial charge is 0.466 e. The Morgan fingerprint density at radius 1 is 1.11 bits per heavy atom. The average molecular weight is 480 g/mol. The van der Waals surface area contributed by atoms with Gasteiger partial charge in [-0.05, 0) is 31.5 Å². The van der Waals surface area contributed by atoms with Gasteiger partial charge in [0.05, 0.1) is 41.2 Å². The Hall–Kier alpha value is -4.54. The van der Waals surface area contributed by atoms with Crippen LogP contribution in [0.1, 0.15) is 35.7 Å². The van der Waals surface area contributed by atoms with E-state index >= 15 is 0 Å². The van der Waals surface area contributed by atoms with Crippen molar-refractivity contribution >= 4 is 23.5 Å². The lowest BCUT2D eigenvalue weighted by Crippen LogP contribution is -2.33. The number of nitrogens with one attached hydrogen (secondary N) is 2. The van der Waals surface area contributed by atoms with Gasteiger partial charge < -0.3 is 20.1 Å². The van der Waals surface area contributed by atoms with E-state index < -0.39 is 22.8 Å². The molecule has 2 N–H and O–H groups in total. The number of pyridine rings is 1. The molecule has 1 atom stereocenters. The van der Waals surface area contributed by atoms with Gasteiger partial charge >= 0.3 is 11.9 Å². The molecule has 1 unspecified atom stereocenters. The number of dihydropyridines is 1. The number of nitrogens with zero attached hydrogens (tertiary/aromatic N) is 2. The van der Waals surface area contributed by atoms with Gasteiger partial charge in [0.15, 0.2) is 0 Å². The molecule has 11 nitrogen and oxygen atoms in total. The van der Waals surface area contributed by atoms with Crippen LogP contribution in [0.4, 0.5) is 5.69 Å². The topological polar surface area (TPSA) is 150 Å². The second kappa shape index (κ2) is 11.1. The molecule has 0 saturated heterocycles. The molecule has 35 heavy (non-hydrogen) atoms. The summed E-state index contributed by atoms with van der Waals surface area (Å²) in [4.78, 5) is 52.6. The fraction of sp³-hybridized carbons (Fsp3) is 0.250. The van der Waals surface area contributed by atoms with Crippen molar-refractivity contribution in [1.82, 2.24) is 15.6 Å². The van der Waals surface area contributed by atoms with Crippen LogP contribution in [0.5, 0.6) is 0 Å². The molecular weight excluding hydrogens is 456 g/mol. The van der Waals surface area contributed by atoms with E-state index in [4.69, 9.17) is 9.47 Å². The van der Waals surface area contributed by atoms with Gasteiger partial charge in [0, 0.05) is 35.9 Å². The van der Waals surface area contributed by atoms with Crippen LogP contribution in [0.15, 0.2) is 71.3 Å². The Labute approximate surface area is 201 Å². The zero-order chi connectivity index (χ0) is 25.5. The lowest BCUT2D eigenvalue weighted by atomic mass is 9.80. The molecule has 0 bridgehead atoms. The quantitative estimate of drug-likeness (QED) is 0.251. The first-order chi connectivity index (χ1) is 16.7. The molecule has 0 fully saturated rings. The summed E-state index contributed by atoms with van der Waals surface area (Å²) in [7, 11) is 1.21. The minimum atomic E-state index is -0.957. The summed E-state index contributed by atoms with van der Waals surface area (Å²) in [6, 6.07) is 8.92. The molecule has 1 aromatic carbocycles. The van der Waals surface area contributed by atoms with E-state index in [9.17, 15) is 24.5 Å². The SMILES string of the molecule is COC(=O)C1=C(C)NC(C)=C(C(=O)OCCNC(=O)c2cccnc2)C1c1cccc([N+](=O)[O-])c1. The van der Waals surface area contributed by atoms with Crippen molar-refractivity contribution in [2.45, 2.75) is 19.8 Å². The minimum absolute atomic E-state index is 0.0411. The molecule has 0 spiro atoms. The Morgan fingerprint density at radius 2 is 1.83 bits per heavy atom. The van der Waals surface area contributed by atoms with Gasteiger partial charge in [-0.25, -0.2) is 9.59 Å². The van der Waals surface area contributed by atoms with Crippen molar-refractivity contribution < 1.29 is 28.8 Å². The molecule has 3 rings (SSSR count). The number of methoxy groups -OCH3 is 1. The van der Waals surface area contributed by atoms with Gasteiger partial charge in [0.25, 0.3) is 11.6 Å². The number of nitro benzene ring substituents is 1. The van der Waals surface area contributed by atoms with E-state index in [-0.39, 0.29) is 35.9 Å². The number of hydrogen-bond donors (Lipinski definition) is 2. The van der Waals surface area contributed by atoms with Gasteiger partial charge in [-0.3, -0.25) is 19.9 Å². The molecule has 2 aromatic rings. The molecule has 1 amide bonds. The smallest absolute Gasteiger partial charge is 0.336 e. The zero-order valence-corrected chi connectivity index (χ0v) is 19.4. The monoisotopic (exact) mass is 480 g/mol. The number of nitro groups is 1. The number of hydrogen-bond acceptors (Lipinski definition) is 9. The fourth-order valence-corrected chi connectivity index (χ4v) is 3.78. The predicted octanol–water partition coefficient (Wildman–Crippen LogP) is 2.37. The van der Waals surface area contributed by atoms with Crippen LogP contribution < -0.4 is 10.6 Å². The summed E-state index contributed by atoms with van der Waals surface area (Å²) >= 11 is 0. The second-order valence-corrected chi connectivity index (χ2v) is 7.61. The Balaban J connectivity index is 1.83. The molecule has 0 aliphatic carbocycles. The van der Waals surface area contributed by atoms with Gasteiger partial charge in [-0.15, -0.1) is 0 Å². The molecule has 1 aromatic heterocycles. The highest BCUT2D eigenvalue weighted by atomic mass is 16.6. The third kappa shape index (κ3) is 5.69.